The van der Waals surface area contributed by atoms with Gasteiger partial charge in [-0.3, -0.25) is 9.59 Å². The zero-order valence-corrected chi connectivity index (χ0v) is 17.7. The van der Waals surface area contributed by atoms with Gasteiger partial charge in [-0.1, -0.05) is 18.2 Å². The molecule has 3 aromatic rings. The van der Waals surface area contributed by atoms with Crippen molar-refractivity contribution in [2.24, 2.45) is 0 Å². The van der Waals surface area contributed by atoms with Crippen molar-refractivity contribution in [2.75, 3.05) is 18.4 Å². The molecule has 1 aromatic heterocycles. The molecule has 0 saturated heterocycles. The highest BCUT2D eigenvalue weighted by molar-refractivity contribution is 7.11. The number of hydrogen-bond acceptors (Lipinski definition) is 3. The van der Waals surface area contributed by atoms with E-state index in [9.17, 15) is 14.0 Å². The van der Waals surface area contributed by atoms with Gasteiger partial charge in [0.15, 0.2) is 0 Å². The van der Waals surface area contributed by atoms with Gasteiger partial charge in [0.25, 0.3) is 11.8 Å². The first-order valence-electron chi connectivity index (χ1n) is 9.73. The van der Waals surface area contributed by atoms with Gasteiger partial charge in [0, 0.05) is 29.2 Å². The number of halogens is 1. The van der Waals surface area contributed by atoms with Gasteiger partial charge in [0.05, 0.1) is 5.57 Å². The van der Waals surface area contributed by atoms with Crippen LogP contribution < -0.4 is 5.32 Å². The van der Waals surface area contributed by atoms with Crippen LogP contribution in [0.2, 0.25) is 0 Å². The van der Waals surface area contributed by atoms with E-state index in [1.165, 1.54) is 23.5 Å². The third-order valence-electron chi connectivity index (χ3n) is 4.65. The molecule has 6 heteroatoms. The van der Waals surface area contributed by atoms with E-state index < -0.39 is 0 Å². The summed E-state index contributed by atoms with van der Waals surface area (Å²) in [7, 11) is 0. The zero-order chi connectivity index (χ0) is 21.5. The fourth-order valence-electron chi connectivity index (χ4n) is 2.99. The monoisotopic (exact) mass is 422 g/mol. The summed E-state index contributed by atoms with van der Waals surface area (Å²) in [4.78, 5) is 28.0. The van der Waals surface area contributed by atoms with Crippen molar-refractivity contribution in [1.82, 2.24) is 4.90 Å². The predicted octanol–water partition coefficient (Wildman–Crippen LogP) is 5.55. The van der Waals surface area contributed by atoms with Crippen LogP contribution in [0.25, 0.3) is 11.6 Å². The third-order valence-corrected chi connectivity index (χ3v) is 5.56. The average Bonchev–Trinajstić information content (AvgIpc) is 3.29. The highest BCUT2D eigenvalue weighted by Gasteiger charge is 2.15. The highest BCUT2D eigenvalue weighted by atomic mass is 32.1. The van der Waals surface area contributed by atoms with E-state index in [4.69, 9.17) is 0 Å². The van der Waals surface area contributed by atoms with Crippen LogP contribution in [0.3, 0.4) is 0 Å². The molecule has 3 rings (SSSR count). The van der Waals surface area contributed by atoms with Crippen LogP contribution in [-0.2, 0) is 4.79 Å². The number of rotatable bonds is 7. The molecule has 0 aliphatic carbocycles. The van der Waals surface area contributed by atoms with Crippen molar-refractivity contribution >= 4 is 40.5 Å². The van der Waals surface area contributed by atoms with Gasteiger partial charge in [-0.05, 0) is 73.3 Å². The molecule has 4 nitrogen and oxygen atoms in total. The Labute approximate surface area is 179 Å². The van der Waals surface area contributed by atoms with Gasteiger partial charge < -0.3 is 10.2 Å². The number of carbonyl (C=O) groups excluding carboxylic acids is 2. The maximum absolute atomic E-state index is 13.2. The highest BCUT2D eigenvalue weighted by Crippen LogP contribution is 2.25. The molecule has 0 unspecified atom stereocenters. The van der Waals surface area contributed by atoms with Crippen LogP contribution in [0.1, 0.15) is 34.6 Å². The van der Waals surface area contributed by atoms with E-state index in [0.29, 0.717) is 29.9 Å². The average molecular weight is 423 g/mol. The number of hydrogen-bond donors (Lipinski definition) is 1. The fraction of sp³-hybridized carbons (Fsp3) is 0.167. The van der Waals surface area contributed by atoms with E-state index in [1.807, 2.05) is 31.4 Å². The molecule has 0 bridgehead atoms. The maximum Gasteiger partial charge on any atom is 0.257 e. The van der Waals surface area contributed by atoms with E-state index in [-0.39, 0.29) is 17.6 Å². The molecule has 0 spiro atoms. The Hall–Kier alpha value is -3.25. The second-order valence-electron chi connectivity index (χ2n) is 6.60. The quantitative estimate of drug-likeness (QED) is 0.508. The van der Waals surface area contributed by atoms with Crippen molar-refractivity contribution in [3.63, 3.8) is 0 Å². The van der Waals surface area contributed by atoms with Gasteiger partial charge in [0.2, 0.25) is 0 Å². The molecule has 0 aliphatic rings. The topological polar surface area (TPSA) is 49.4 Å². The molecule has 2 aromatic carbocycles. The van der Waals surface area contributed by atoms with Crippen molar-refractivity contribution < 1.29 is 14.0 Å². The number of amides is 2. The molecule has 1 heterocycles. The third kappa shape index (κ3) is 5.21. The van der Waals surface area contributed by atoms with E-state index >= 15 is 0 Å². The fourth-order valence-corrected chi connectivity index (χ4v) is 3.73. The number of thiophene rings is 1. The molecule has 0 atom stereocenters. The standard InChI is InChI=1S/C24H23FN2O2S/c1-3-27(4-2)24(29)18-9-13-20(14-10-18)26-23(28)21(22-6-5-15-30-22)16-17-7-11-19(25)12-8-17/h5-16H,3-4H2,1-2H3,(H,26,28)/b21-16+. The summed E-state index contributed by atoms with van der Waals surface area (Å²) < 4.78 is 13.2. The summed E-state index contributed by atoms with van der Waals surface area (Å²) in [6, 6.07) is 16.6. The molecule has 30 heavy (non-hydrogen) atoms. The Morgan fingerprint density at radius 1 is 1.00 bits per heavy atom. The second-order valence-corrected chi connectivity index (χ2v) is 7.54. The van der Waals surface area contributed by atoms with Crippen LogP contribution >= 0.6 is 11.3 Å². The Bertz CT molecular complexity index is 1020. The summed E-state index contributed by atoms with van der Waals surface area (Å²) >= 11 is 1.45. The summed E-state index contributed by atoms with van der Waals surface area (Å²) in [5.74, 6) is -0.633. The summed E-state index contributed by atoms with van der Waals surface area (Å²) in [6.45, 7) is 5.17. The van der Waals surface area contributed by atoms with Crippen molar-refractivity contribution in [1.29, 1.82) is 0 Å². The SMILES string of the molecule is CCN(CC)C(=O)c1ccc(NC(=O)/C(=C/c2ccc(F)cc2)c2cccs2)cc1. The lowest BCUT2D eigenvalue weighted by atomic mass is 10.1. The van der Waals surface area contributed by atoms with Crippen LogP contribution in [0, 0.1) is 5.82 Å². The van der Waals surface area contributed by atoms with Crippen molar-refractivity contribution in [3.8, 4) is 0 Å². The van der Waals surface area contributed by atoms with Crippen LogP contribution in [-0.4, -0.2) is 29.8 Å². The molecular weight excluding hydrogens is 399 g/mol. The van der Waals surface area contributed by atoms with Crippen LogP contribution in [0.15, 0.2) is 66.0 Å². The molecule has 0 radical (unpaired) electrons. The molecule has 2 amide bonds. The smallest absolute Gasteiger partial charge is 0.257 e. The Balaban J connectivity index is 1.81. The van der Waals surface area contributed by atoms with Gasteiger partial charge >= 0.3 is 0 Å². The Morgan fingerprint density at radius 2 is 1.67 bits per heavy atom. The van der Waals surface area contributed by atoms with Crippen molar-refractivity contribution in [2.45, 2.75) is 13.8 Å². The summed E-state index contributed by atoms with van der Waals surface area (Å²) in [5, 5.41) is 4.78. The summed E-state index contributed by atoms with van der Waals surface area (Å²) in [5.41, 5.74) is 2.39. The lowest BCUT2D eigenvalue weighted by Gasteiger charge is -2.18. The first kappa shape index (κ1) is 21.5. The lowest BCUT2D eigenvalue weighted by Crippen LogP contribution is -2.30. The predicted molar refractivity (Wildman–Crippen MR) is 121 cm³/mol. The van der Waals surface area contributed by atoms with Crippen LogP contribution in [0.5, 0.6) is 0 Å². The molecule has 1 N–H and O–H groups in total. The number of anilines is 1. The normalized spacial score (nSPS) is 11.2. The van der Waals surface area contributed by atoms with E-state index in [2.05, 4.69) is 5.32 Å². The minimum Gasteiger partial charge on any atom is -0.339 e. The van der Waals surface area contributed by atoms with Gasteiger partial charge in [-0.15, -0.1) is 11.3 Å². The van der Waals surface area contributed by atoms with E-state index in [1.54, 1.807) is 47.4 Å². The largest absolute Gasteiger partial charge is 0.339 e. The number of carbonyl (C=O) groups is 2. The lowest BCUT2D eigenvalue weighted by molar-refractivity contribution is -0.111. The number of benzene rings is 2. The molecular formula is C24H23FN2O2S. The Morgan fingerprint density at radius 3 is 2.23 bits per heavy atom. The molecule has 0 fully saturated rings. The van der Waals surface area contributed by atoms with Gasteiger partial charge in [-0.2, -0.15) is 0 Å². The second kappa shape index (κ2) is 9.98. The van der Waals surface area contributed by atoms with Gasteiger partial charge in [0.1, 0.15) is 5.82 Å². The number of nitrogens with one attached hydrogen (secondary N) is 1. The first-order valence-corrected chi connectivity index (χ1v) is 10.6. The molecule has 0 saturated carbocycles. The van der Waals surface area contributed by atoms with Gasteiger partial charge in [-0.25, -0.2) is 4.39 Å². The summed E-state index contributed by atoms with van der Waals surface area (Å²) in [6.07, 6.45) is 1.73. The zero-order valence-electron chi connectivity index (χ0n) is 16.9. The minimum atomic E-state index is -0.325. The number of nitrogens with zero attached hydrogens (tertiary/aromatic N) is 1. The minimum absolute atomic E-state index is 0.0339. The maximum atomic E-state index is 13.2. The van der Waals surface area contributed by atoms with E-state index in [0.717, 1.165) is 10.4 Å². The first-order chi connectivity index (χ1) is 14.5. The Kier molecular flexibility index (Phi) is 7.14. The van der Waals surface area contributed by atoms with Crippen LogP contribution in [0.4, 0.5) is 10.1 Å². The van der Waals surface area contributed by atoms with Crippen molar-refractivity contribution in [3.05, 3.63) is 87.9 Å². The molecule has 154 valence electrons. The molecule has 0 aliphatic heterocycles.